The van der Waals surface area contributed by atoms with Crippen LogP contribution < -0.4 is 0 Å². The first-order valence-corrected chi connectivity index (χ1v) is 6.86. The van der Waals surface area contributed by atoms with E-state index in [1.54, 1.807) is 0 Å². The summed E-state index contributed by atoms with van der Waals surface area (Å²) in [4.78, 5) is 2.59. The fraction of sp³-hybridized carbons (Fsp3) is 1.00. The first-order valence-electron chi connectivity index (χ1n) is 6.86. The van der Waals surface area contributed by atoms with E-state index in [0.717, 1.165) is 26.0 Å². The van der Waals surface area contributed by atoms with E-state index in [0.29, 0.717) is 18.8 Å². The Balaban J connectivity index is 1.73. The third-order valence-electron chi connectivity index (χ3n) is 3.91. The van der Waals surface area contributed by atoms with Gasteiger partial charge in [0.15, 0.2) is 0 Å². The summed E-state index contributed by atoms with van der Waals surface area (Å²) >= 11 is 0. The van der Waals surface area contributed by atoms with Crippen molar-refractivity contribution < 1.29 is 9.84 Å². The largest absolute Gasteiger partial charge is 0.396 e. The van der Waals surface area contributed by atoms with Crippen molar-refractivity contribution in [2.45, 2.75) is 57.1 Å². The zero-order valence-corrected chi connectivity index (χ0v) is 10.2. The highest BCUT2D eigenvalue weighted by atomic mass is 16.5. The van der Waals surface area contributed by atoms with E-state index in [-0.39, 0.29) is 0 Å². The molecule has 2 fully saturated rings. The van der Waals surface area contributed by atoms with Gasteiger partial charge in [-0.05, 0) is 51.5 Å². The van der Waals surface area contributed by atoms with Crippen LogP contribution in [0, 0.1) is 0 Å². The normalized spacial score (nSPS) is 32.1. The van der Waals surface area contributed by atoms with Gasteiger partial charge in [-0.1, -0.05) is 0 Å². The van der Waals surface area contributed by atoms with Crippen LogP contribution in [0.3, 0.4) is 0 Å². The zero-order chi connectivity index (χ0) is 11.2. The van der Waals surface area contributed by atoms with Crippen molar-refractivity contribution in [2.24, 2.45) is 0 Å². The van der Waals surface area contributed by atoms with Gasteiger partial charge in [0, 0.05) is 25.8 Å². The Morgan fingerprint density at radius 1 is 1.19 bits per heavy atom. The first kappa shape index (κ1) is 12.3. The summed E-state index contributed by atoms with van der Waals surface area (Å²) < 4.78 is 5.80. The second-order valence-corrected chi connectivity index (χ2v) is 5.15. The molecule has 0 aromatic rings. The van der Waals surface area contributed by atoms with Crippen molar-refractivity contribution in [1.29, 1.82) is 0 Å². The summed E-state index contributed by atoms with van der Waals surface area (Å²) in [5.74, 6) is 0. The van der Waals surface area contributed by atoms with Crippen molar-refractivity contribution in [3.05, 3.63) is 0 Å². The summed E-state index contributed by atoms with van der Waals surface area (Å²) in [5.41, 5.74) is 0. The molecule has 2 unspecified atom stereocenters. The standard InChI is InChI=1S/C13H25NO2/c15-9-4-6-12-5-3-8-14(12)11-13-7-1-2-10-16-13/h12-13,15H,1-11H2. The highest BCUT2D eigenvalue weighted by Crippen LogP contribution is 2.23. The Hall–Kier alpha value is -0.120. The van der Waals surface area contributed by atoms with Crippen LogP contribution >= 0.6 is 0 Å². The fourth-order valence-electron chi connectivity index (χ4n) is 3.00. The molecule has 2 atom stereocenters. The van der Waals surface area contributed by atoms with Crippen LogP contribution in [0.2, 0.25) is 0 Å². The lowest BCUT2D eigenvalue weighted by atomic mass is 10.1. The second-order valence-electron chi connectivity index (χ2n) is 5.15. The highest BCUT2D eigenvalue weighted by Gasteiger charge is 2.27. The molecule has 0 aliphatic carbocycles. The molecule has 16 heavy (non-hydrogen) atoms. The predicted octanol–water partition coefficient (Wildman–Crippen LogP) is 1.79. The Morgan fingerprint density at radius 2 is 2.12 bits per heavy atom. The quantitative estimate of drug-likeness (QED) is 0.777. The van der Waals surface area contributed by atoms with Gasteiger partial charge in [-0.15, -0.1) is 0 Å². The van der Waals surface area contributed by atoms with Gasteiger partial charge < -0.3 is 9.84 Å². The Morgan fingerprint density at radius 3 is 2.88 bits per heavy atom. The molecule has 1 N–H and O–H groups in total. The Kier molecular flexibility index (Phi) is 5.07. The van der Waals surface area contributed by atoms with E-state index in [9.17, 15) is 0 Å². The fourth-order valence-corrected chi connectivity index (χ4v) is 3.00. The SMILES string of the molecule is OCCCC1CCCN1CC1CCCCO1. The van der Waals surface area contributed by atoms with Crippen LogP contribution in [0.5, 0.6) is 0 Å². The highest BCUT2D eigenvalue weighted by molar-refractivity contribution is 4.81. The van der Waals surface area contributed by atoms with E-state index in [1.165, 1.54) is 38.6 Å². The van der Waals surface area contributed by atoms with E-state index in [2.05, 4.69) is 4.90 Å². The number of nitrogens with zero attached hydrogens (tertiary/aromatic N) is 1. The average Bonchev–Trinajstić information content (AvgIpc) is 2.75. The molecule has 0 saturated carbocycles. The van der Waals surface area contributed by atoms with Gasteiger partial charge in [0.2, 0.25) is 0 Å². The molecule has 2 saturated heterocycles. The number of hydrogen-bond donors (Lipinski definition) is 1. The number of likely N-dealkylation sites (tertiary alicyclic amines) is 1. The Labute approximate surface area is 98.8 Å². The second kappa shape index (κ2) is 6.58. The van der Waals surface area contributed by atoms with Crippen LogP contribution in [-0.2, 0) is 4.74 Å². The molecular formula is C13H25NO2. The molecule has 2 rings (SSSR count). The molecule has 2 aliphatic heterocycles. The van der Waals surface area contributed by atoms with E-state index in [1.807, 2.05) is 0 Å². The number of hydrogen-bond acceptors (Lipinski definition) is 3. The minimum atomic E-state index is 0.338. The minimum absolute atomic E-state index is 0.338. The van der Waals surface area contributed by atoms with Gasteiger partial charge in [0.1, 0.15) is 0 Å². The van der Waals surface area contributed by atoms with Crippen LogP contribution in [0.15, 0.2) is 0 Å². The number of rotatable bonds is 5. The van der Waals surface area contributed by atoms with Crippen LogP contribution in [0.4, 0.5) is 0 Å². The molecule has 0 aromatic heterocycles. The molecule has 0 radical (unpaired) electrons. The lowest BCUT2D eigenvalue weighted by Crippen LogP contribution is -2.38. The van der Waals surface area contributed by atoms with E-state index in [4.69, 9.17) is 9.84 Å². The maximum Gasteiger partial charge on any atom is 0.0702 e. The van der Waals surface area contributed by atoms with Gasteiger partial charge in [-0.2, -0.15) is 0 Å². The summed E-state index contributed by atoms with van der Waals surface area (Å²) in [6, 6.07) is 0.706. The van der Waals surface area contributed by atoms with Gasteiger partial charge >= 0.3 is 0 Å². The van der Waals surface area contributed by atoms with Crippen LogP contribution in [0.25, 0.3) is 0 Å². The molecule has 3 heteroatoms. The monoisotopic (exact) mass is 227 g/mol. The summed E-state index contributed by atoms with van der Waals surface area (Å²) in [6.07, 6.45) is 9.03. The molecule has 3 nitrogen and oxygen atoms in total. The van der Waals surface area contributed by atoms with Crippen molar-refractivity contribution >= 4 is 0 Å². The van der Waals surface area contributed by atoms with Crippen molar-refractivity contribution in [2.75, 3.05) is 26.3 Å². The predicted molar refractivity (Wildman–Crippen MR) is 64.5 cm³/mol. The zero-order valence-electron chi connectivity index (χ0n) is 10.2. The van der Waals surface area contributed by atoms with Gasteiger partial charge in [0.05, 0.1) is 6.10 Å². The van der Waals surface area contributed by atoms with Gasteiger partial charge in [-0.25, -0.2) is 0 Å². The molecule has 0 bridgehead atoms. The summed E-state index contributed by atoms with van der Waals surface area (Å²) in [6.45, 7) is 3.65. The van der Waals surface area contributed by atoms with Crippen molar-refractivity contribution in [3.8, 4) is 0 Å². The average molecular weight is 227 g/mol. The minimum Gasteiger partial charge on any atom is -0.396 e. The number of aliphatic hydroxyl groups is 1. The van der Waals surface area contributed by atoms with Crippen LogP contribution in [0.1, 0.15) is 44.9 Å². The first-order chi connectivity index (χ1) is 7.90. The van der Waals surface area contributed by atoms with Crippen molar-refractivity contribution in [3.63, 3.8) is 0 Å². The molecular weight excluding hydrogens is 202 g/mol. The molecule has 0 amide bonds. The maximum absolute atomic E-state index is 8.89. The van der Waals surface area contributed by atoms with Gasteiger partial charge in [0.25, 0.3) is 0 Å². The smallest absolute Gasteiger partial charge is 0.0702 e. The number of aliphatic hydroxyl groups excluding tert-OH is 1. The summed E-state index contributed by atoms with van der Waals surface area (Å²) in [7, 11) is 0. The lowest BCUT2D eigenvalue weighted by molar-refractivity contribution is -0.00868. The summed E-state index contributed by atoms with van der Waals surface area (Å²) in [5, 5.41) is 8.89. The van der Waals surface area contributed by atoms with Crippen LogP contribution in [-0.4, -0.2) is 48.5 Å². The van der Waals surface area contributed by atoms with E-state index >= 15 is 0 Å². The third-order valence-corrected chi connectivity index (χ3v) is 3.91. The van der Waals surface area contributed by atoms with Crippen molar-refractivity contribution in [1.82, 2.24) is 4.90 Å². The molecule has 2 aliphatic rings. The Bertz CT molecular complexity index is 192. The molecule has 0 spiro atoms. The lowest BCUT2D eigenvalue weighted by Gasteiger charge is -2.31. The maximum atomic E-state index is 8.89. The topological polar surface area (TPSA) is 32.7 Å². The van der Waals surface area contributed by atoms with Gasteiger partial charge in [-0.3, -0.25) is 4.90 Å². The number of ether oxygens (including phenoxy) is 1. The third kappa shape index (κ3) is 3.44. The molecule has 2 heterocycles. The van der Waals surface area contributed by atoms with E-state index < -0.39 is 0 Å². The molecule has 94 valence electrons. The molecule has 0 aromatic carbocycles.